The van der Waals surface area contributed by atoms with Gasteiger partial charge in [0.25, 0.3) is 5.91 Å². The molecule has 6 nitrogen and oxygen atoms in total. The standard InChI is InChI=1S/C15H16N4O2/c1-9-6-10(7-14(17-9)19-16)15(20)18-12-8-21-13-5-3-2-4-11(12)13/h2-7,12H,8,16H2,1H3,(H,17,19)(H,18,20). The van der Waals surface area contributed by atoms with E-state index in [0.29, 0.717) is 18.0 Å². The largest absolute Gasteiger partial charge is 0.491 e. The van der Waals surface area contributed by atoms with Gasteiger partial charge in [0.05, 0.1) is 6.04 Å². The fourth-order valence-electron chi connectivity index (χ4n) is 2.40. The molecule has 4 N–H and O–H groups in total. The van der Waals surface area contributed by atoms with Crippen LogP contribution >= 0.6 is 0 Å². The molecule has 0 spiro atoms. The molecule has 1 unspecified atom stereocenters. The molecule has 3 rings (SSSR count). The number of hydrazine groups is 1. The molecule has 0 bridgehead atoms. The summed E-state index contributed by atoms with van der Waals surface area (Å²) in [5, 5.41) is 2.97. The van der Waals surface area contributed by atoms with Crippen LogP contribution in [0.25, 0.3) is 0 Å². The third-order valence-electron chi connectivity index (χ3n) is 3.37. The second-order valence-electron chi connectivity index (χ2n) is 4.90. The van der Waals surface area contributed by atoms with Crippen LogP contribution in [-0.4, -0.2) is 17.5 Å². The number of nitrogen functional groups attached to an aromatic ring is 1. The summed E-state index contributed by atoms with van der Waals surface area (Å²) < 4.78 is 5.56. The molecule has 1 atom stereocenters. The number of carbonyl (C=O) groups is 1. The van der Waals surface area contributed by atoms with Crippen LogP contribution in [0.3, 0.4) is 0 Å². The Morgan fingerprint density at radius 1 is 1.38 bits per heavy atom. The van der Waals surface area contributed by atoms with Crippen molar-refractivity contribution >= 4 is 11.7 Å². The Kier molecular flexibility index (Phi) is 3.45. The maximum absolute atomic E-state index is 12.4. The molecule has 1 aliphatic rings. The number of hydrogen-bond donors (Lipinski definition) is 3. The lowest BCUT2D eigenvalue weighted by Gasteiger charge is -2.12. The van der Waals surface area contributed by atoms with Gasteiger partial charge in [0.2, 0.25) is 0 Å². The smallest absolute Gasteiger partial charge is 0.252 e. The number of aromatic nitrogens is 1. The highest BCUT2D eigenvalue weighted by Gasteiger charge is 2.25. The van der Waals surface area contributed by atoms with Crippen molar-refractivity contribution in [1.82, 2.24) is 10.3 Å². The molecule has 2 aromatic rings. The van der Waals surface area contributed by atoms with E-state index in [-0.39, 0.29) is 11.9 Å². The van der Waals surface area contributed by atoms with E-state index in [2.05, 4.69) is 15.7 Å². The topological polar surface area (TPSA) is 89.3 Å². The van der Waals surface area contributed by atoms with Crippen LogP contribution in [-0.2, 0) is 0 Å². The number of hydrogen-bond acceptors (Lipinski definition) is 5. The number of nitrogens with two attached hydrogens (primary N) is 1. The molecule has 6 heteroatoms. The molecular weight excluding hydrogens is 268 g/mol. The van der Waals surface area contributed by atoms with Crippen LogP contribution in [0, 0.1) is 6.92 Å². The Balaban J connectivity index is 1.80. The van der Waals surface area contributed by atoms with Gasteiger partial charge in [-0.3, -0.25) is 4.79 Å². The molecule has 0 radical (unpaired) electrons. The summed E-state index contributed by atoms with van der Waals surface area (Å²) in [7, 11) is 0. The zero-order valence-electron chi connectivity index (χ0n) is 11.6. The van der Waals surface area contributed by atoms with Crippen LogP contribution < -0.4 is 21.3 Å². The van der Waals surface area contributed by atoms with Gasteiger partial charge in [-0.15, -0.1) is 0 Å². The second-order valence-corrected chi connectivity index (χ2v) is 4.90. The van der Waals surface area contributed by atoms with E-state index in [1.165, 1.54) is 0 Å². The number of para-hydroxylation sites is 1. The van der Waals surface area contributed by atoms with E-state index in [0.717, 1.165) is 17.0 Å². The lowest BCUT2D eigenvalue weighted by Crippen LogP contribution is -2.29. The van der Waals surface area contributed by atoms with E-state index >= 15 is 0 Å². The molecule has 1 aliphatic heterocycles. The Morgan fingerprint density at radius 2 is 2.19 bits per heavy atom. The number of nitrogens with zero attached hydrogens (tertiary/aromatic N) is 1. The van der Waals surface area contributed by atoms with Crippen molar-refractivity contribution in [3.8, 4) is 5.75 Å². The normalized spacial score (nSPS) is 16.0. The average molecular weight is 284 g/mol. The van der Waals surface area contributed by atoms with E-state index in [1.54, 1.807) is 12.1 Å². The van der Waals surface area contributed by atoms with E-state index in [4.69, 9.17) is 10.6 Å². The van der Waals surface area contributed by atoms with Crippen LogP contribution in [0.5, 0.6) is 5.75 Å². The third-order valence-corrected chi connectivity index (χ3v) is 3.37. The predicted octanol–water partition coefficient (Wildman–Crippen LogP) is 1.54. The zero-order valence-corrected chi connectivity index (χ0v) is 11.6. The van der Waals surface area contributed by atoms with Crippen LogP contribution in [0.4, 0.5) is 5.82 Å². The van der Waals surface area contributed by atoms with Crippen LogP contribution in [0.2, 0.25) is 0 Å². The van der Waals surface area contributed by atoms with Gasteiger partial charge in [-0.2, -0.15) is 0 Å². The molecule has 2 heterocycles. The average Bonchev–Trinajstić information content (AvgIpc) is 2.90. The number of benzene rings is 1. The quantitative estimate of drug-likeness (QED) is 0.587. The molecule has 0 fully saturated rings. The number of anilines is 1. The molecule has 0 saturated heterocycles. The first-order chi connectivity index (χ1) is 10.2. The minimum Gasteiger partial charge on any atom is -0.491 e. The summed E-state index contributed by atoms with van der Waals surface area (Å²) in [6, 6.07) is 10.9. The molecule has 0 aliphatic carbocycles. The van der Waals surface area contributed by atoms with Gasteiger partial charge in [0.15, 0.2) is 0 Å². The van der Waals surface area contributed by atoms with Gasteiger partial charge in [-0.05, 0) is 25.1 Å². The summed E-state index contributed by atoms with van der Waals surface area (Å²) >= 11 is 0. The highest BCUT2D eigenvalue weighted by atomic mass is 16.5. The Hall–Kier alpha value is -2.60. The minimum absolute atomic E-state index is 0.142. The van der Waals surface area contributed by atoms with Crippen molar-refractivity contribution in [3.05, 3.63) is 53.2 Å². The number of amides is 1. The van der Waals surface area contributed by atoms with Gasteiger partial charge in [-0.25, -0.2) is 10.8 Å². The maximum Gasteiger partial charge on any atom is 0.252 e. The van der Waals surface area contributed by atoms with Crippen LogP contribution in [0.15, 0.2) is 36.4 Å². The number of ether oxygens (including phenoxy) is 1. The Labute approximate surface area is 122 Å². The third kappa shape index (κ3) is 2.66. The highest BCUT2D eigenvalue weighted by Crippen LogP contribution is 2.31. The molecular formula is C15H16N4O2. The maximum atomic E-state index is 12.4. The number of rotatable bonds is 3. The first-order valence-electron chi connectivity index (χ1n) is 6.65. The molecule has 21 heavy (non-hydrogen) atoms. The Morgan fingerprint density at radius 3 is 3.00 bits per heavy atom. The number of fused-ring (bicyclic) bond motifs is 1. The zero-order chi connectivity index (χ0) is 14.8. The first-order valence-corrected chi connectivity index (χ1v) is 6.65. The summed E-state index contributed by atoms with van der Waals surface area (Å²) in [5.41, 5.74) is 4.69. The number of carbonyl (C=O) groups excluding carboxylic acids is 1. The number of nitrogens with one attached hydrogen (secondary N) is 2. The predicted molar refractivity (Wildman–Crippen MR) is 78.9 cm³/mol. The van der Waals surface area contributed by atoms with Crippen molar-refractivity contribution in [2.75, 3.05) is 12.0 Å². The van der Waals surface area contributed by atoms with Crippen molar-refractivity contribution in [2.24, 2.45) is 5.84 Å². The summed E-state index contributed by atoms with van der Waals surface area (Å²) in [5.74, 6) is 6.45. The molecule has 1 amide bonds. The van der Waals surface area contributed by atoms with Gasteiger partial charge in [0, 0.05) is 16.8 Å². The van der Waals surface area contributed by atoms with Gasteiger partial charge in [0.1, 0.15) is 18.2 Å². The monoisotopic (exact) mass is 284 g/mol. The van der Waals surface area contributed by atoms with Crippen molar-refractivity contribution in [1.29, 1.82) is 0 Å². The van der Waals surface area contributed by atoms with Crippen molar-refractivity contribution < 1.29 is 9.53 Å². The molecule has 1 aromatic heterocycles. The Bertz CT molecular complexity index is 687. The van der Waals surface area contributed by atoms with Crippen LogP contribution in [0.1, 0.15) is 27.7 Å². The first kappa shape index (κ1) is 13.4. The van der Waals surface area contributed by atoms with Crippen molar-refractivity contribution in [3.63, 3.8) is 0 Å². The molecule has 1 aromatic carbocycles. The summed E-state index contributed by atoms with van der Waals surface area (Å²) in [6.45, 7) is 2.25. The fourth-order valence-corrected chi connectivity index (χ4v) is 2.40. The van der Waals surface area contributed by atoms with Crippen molar-refractivity contribution in [2.45, 2.75) is 13.0 Å². The van der Waals surface area contributed by atoms with E-state index in [1.807, 2.05) is 31.2 Å². The lowest BCUT2D eigenvalue weighted by atomic mass is 10.1. The van der Waals surface area contributed by atoms with Gasteiger partial charge >= 0.3 is 0 Å². The number of aryl methyl sites for hydroxylation is 1. The van der Waals surface area contributed by atoms with E-state index in [9.17, 15) is 4.79 Å². The SMILES string of the molecule is Cc1cc(C(=O)NC2COc3ccccc32)cc(NN)n1. The van der Waals surface area contributed by atoms with Gasteiger partial charge < -0.3 is 15.5 Å². The summed E-state index contributed by atoms with van der Waals surface area (Å²) in [6.07, 6.45) is 0. The van der Waals surface area contributed by atoms with Gasteiger partial charge in [-0.1, -0.05) is 18.2 Å². The molecule has 0 saturated carbocycles. The molecule has 108 valence electrons. The second kappa shape index (κ2) is 5.41. The fraction of sp³-hybridized carbons (Fsp3) is 0.200. The van der Waals surface area contributed by atoms with E-state index < -0.39 is 0 Å². The highest BCUT2D eigenvalue weighted by molar-refractivity contribution is 5.95. The minimum atomic E-state index is -0.178. The summed E-state index contributed by atoms with van der Waals surface area (Å²) in [4.78, 5) is 16.5. The number of pyridine rings is 1. The lowest BCUT2D eigenvalue weighted by molar-refractivity contribution is 0.0930.